The molecule has 0 radical (unpaired) electrons. The van der Waals surface area contributed by atoms with Crippen molar-refractivity contribution in [1.29, 1.82) is 0 Å². The molecular weight excluding hydrogens is 378 g/mol. The lowest BCUT2D eigenvalue weighted by molar-refractivity contribution is -0.130. The van der Waals surface area contributed by atoms with Crippen LogP contribution in [-0.4, -0.2) is 34.5 Å². The van der Waals surface area contributed by atoms with Gasteiger partial charge in [0.2, 0.25) is 5.91 Å². The standard InChI is InChI=1S/C24H29N3O3/c1-7-23(3,4)20-16(12-18-22(29)25-13(2)21(28)27-18)15-10-14(8-9-17(15)26-20)11-19-24(5,6)30-19/h7-10,12-13,19,26H,1,11H2,2-6H3,(H,25,29)(H,27,28)/b18-12-/t13-,19-/m0/s1. The molecule has 2 aliphatic rings. The number of hydrogen-bond acceptors (Lipinski definition) is 3. The Morgan fingerprint density at radius 2 is 1.97 bits per heavy atom. The first kappa shape index (κ1) is 20.4. The molecule has 3 heterocycles. The number of carbonyl (C=O) groups is 2. The normalized spacial score (nSPS) is 24.6. The number of rotatable bonds is 5. The Bertz CT molecular complexity index is 1090. The summed E-state index contributed by atoms with van der Waals surface area (Å²) in [4.78, 5) is 28.1. The van der Waals surface area contributed by atoms with E-state index < -0.39 is 6.04 Å². The zero-order valence-electron chi connectivity index (χ0n) is 18.2. The summed E-state index contributed by atoms with van der Waals surface area (Å²) in [6, 6.07) is 5.76. The van der Waals surface area contributed by atoms with Crippen molar-refractivity contribution in [3.63, 3.8) is 0 Å². The van der Waals surface area contributed by atoms with E-state index in [0.717, 1.165) is 28.6 Å². The fraction of sp³-hybridized carbons (Fsp3) is 0.417. The number of benzene rings is 1. The van der Waals surface area contributed by atoms with Crippen molar-refractivity contribution in [2.24, 2.45) is 0 Å². The van der Waals surface area contributed by atoms with Gasteiger partial charge >= 0.3 is 0 Å². The third kappa shape index (κ3) is 3.56. The van der Waals surface area contributed by atoms with E-state index in [1.54, 1.807) is 13.0 Å². The second kappa shape index (κ2) is 6.84. The highest BCUT2D eigenvalue weighted by Crippen LogP contribution is 2.39. The molecule has 2 amide bonds. The molecule has 4 rings (SSSR count). The number of allylic oxidation sites excluding steroid dienone is 1. The van der Waals surface area contributed by atoms with Crippen molar-refractivity contribution < 1.29 is 14.3 Å². The minimum absolute atomic E-state index is 0.0743. The largest absolute Gasteiger partial charge is 0.366 e. The van der Waals surface area contributed by atoms with Gasteiger partial charge in [-0.1, -0.05) is 26.0 Å². The van der Waals surface area contributed by atoms with Gasteiger partial charge in [-0.2, -0.15) is 0 Å². The smallest absolute Gasteiger partial charge is 0.268 e. The van der Waals surface area contributed by atoms with Gasteiger partial charge in [0.05, 0.1) is 11.7 Å². The maximum Gasteiger partial charge on any atom is 0.268 e. The molecule has 2 aromatic rings. The first-order chi connectivity index (χ1) is 14.0. The van der Waals surface area contributed by atoms with Crippen molar-refractivity contribution in [2.75, 3.05) is 0 Å². The van der Waals surface area contributed by atoms with Crippen molar-refractivity contribution in [3.8, 4) is 0 Å². The number of H-pyrrole nitrogens is 1. The van der Waals surface area contributed by atoms with Gasteiger partial charge in [0, 0.05) is 34.0 Å². The molecule has 0 aliphatic carbocycles. The Labute approximate surface area is 176 Å². The first-order valence-electron chi connectivity index (χ1n) is 10.3. The van der Waals surface area contributed by atoms with Crippen LogP contribution in [0.1, 0.15) is 51.4 Å². The summed E-state index contributed by atoms with van der Waals surface area (Å²) in [5.74, 6) is -0.512. The zero-order valence-corrected chi connectivity index (χ0v) is 18.2. The summed E-state index contributed by atoms with van der Waals surface area (Å²) in [7, 11) is 0. The lowest BCUT2D eigenvalue weighted by Gasteiger charge is -2.23. The van der Waals surface area contributed by atoms with Gasteiger partial charge in [-0.05, 0) is 44.5 Å². The maximum atomic E-state index is 12.5. The third-order valence-electron chi connectivity index (χ3n) is 6.18. The summed E-state index contributed by atoms with van der Waals surface area (Å²) in [6.45, 7) is 14.0. The highest BCUT2D eigenvalue weighted by molar-refractivity contribution is 6.08. The molecule has 2 fully saturated rings. The number of epoxide rings is 1. The number of amides is 2. The molecule has 0 unspecified atom stereocenters. The molecule has 3 N–H and O–H groups in total. The van der Waals surface area contributed by atoms with Crippen molar-refractivity contribution in [1.82, 2.24) is 15.6 Å². The van der Waals surface area contributed by atoms with E-state index in [2.05, 4.69) is 68.1 Å². The highest BCUT2D eigenvalue weighted by Gasteiger charge is 2.47. The van der Waals surface area contributed by atoms with Crippen LogP contribution in [0.4, 0.5) is 0 Å². The average Bonchev–Trinajstić information content (AvgIpc) is 3.11. The van der Waals surface area contributed by atoms with Gasteiger partial charge in [0.1, 0.15) is 11.7 Å². The van der Waals surface area contributed by atoms with Crippen LogP contribution in [0, 0.1) is 0 Å². The van der Waals surface area contributed by atoms with E-state index in [0.29, 0.717) is 0 Å². The molecule has 1 aromatic carbocycles. The Kier molecular flexibility index (Phi) is 4.66. The molecule has 0 saturated carbocycles. The average molecular weight is 408 g/mol. The van der Waals surface area contributed by atoms with Gasteiger partial charge in [0.15, 0.2) is 0 Å². The Hall–Kier alpha value is -2.86. The molecule has 0 bridgehead atoms. The van der Waals surface area contributed by atoms with E-state index in [9.17, 15) is 9.59 Å². The number of aromatic amines is 1. The van der Waals surface area contributed by atoms with E-state index in [-0.39, 0.29) is 34.6 Å². The molecule has 2 atom stereocenters. The molecular formula is C24H29N3O3. The van der Waals surface area contributed by atoms with Crippen LogP contribution in [0.3, 0.4) is 0 Å². The van der Waals surface area contributed by atoms with Gasteiger partial charge in [-0.15, -0.1) is 6.58 Å². The van der Waals surface area contributed by atoms with Crippen LogP contribution in [-0.2, 0) is 26.2 Å². The summed E-state index contributed by atoms with van der Waals surface area (Å²) in [5, 5.41) is 6.44. The van der Waals surface area contributed by atoms with Gasteiger partial charge in [-0.25, -0.2) is 0 Å². The second-order valence-corrected chi connectivity index (χ2v) is 9.38. The van der Waals surface area contributed by atoms with Crippen molar-refractivity contribution >= 4 is 28.8 Å². The topological polar surface area (TPSA) is 86.5 Å². The van der Waals surface area contributed by atoms with Crippen molar-refractivity contribution in [2.45, 2.75) is 64.2 Å². The first-order valence-corrected chi connectivity index (χ1v) is 10.3. The van der Waals surface area contributed by atoms with Crippen molar-refractivity contribution in [3.05, 3.63) is 53.4 Å². The van der Waals surface area contributed by atoms with E-state index in [1.165, 1.54) is 5.56 Å². The summed E-state index contributed by atoms with van der Waals surface area (Å²) < 4.78 is 5.75. The van der Waals surface area contributed by atoms with E-state index >= 15 is 0 Å². The molecule has 2 aliphatic heterocycles. The fourth-order valence-corrected chi connectivity index (χ4v) is 3.86. The van der Waals surface area contributed by atoms with Gasteiger partial charge in [-0.3, -0.25) is 9.59 Å². The number of hydrogen-bond donors (Lipinski definition) is 3. The van der Waals surface area contributed by atoms with E-state index in [4.69, 9.17) is 4.74 Å². The predicted octanol–water partition coefficient (Wildman–Crippen LogP) is 3.33. The van der Waals surface area contributed by atoms with Crippen LogP contribution in [0.25, 0.3) is 17.0 Å². The Morgan fingerprint density at radius 1 is 1.27 bits per heavy atom. The van der Waals surface area contributed by atoms with Crippen LogP contribution in [0.2, 0.25) is 0 Å². The predicted molar refractivity (Wildman–Crippen MR) is 118 cm³/mol. The fourth-order valence-electron chi connectivity index (χ4n) is 3.86. The third-order valence-corrected chi connectivity index (χ3v) is 6.18. The SMILES string of the molecule is C=CC(C)(C)c1[nH]c2ccc(C[C@@H]3OC3(C)C)cc2c1/C=C1\NC(=O)[C@H](C)NC1=O. The molecule has 158 valence electrons. The quantitative estimate of drug-likeness (QED) is 0.404. The lowest BCUT2D eigenvalue weighted by atomic mass is 9.86. The summed E-state index contributed by atoms with van der Waals surface area (Å²) >= 11 is 0. The number of aromatic nitrogens is 1. The Morgan fingerprint density at radius 3 is 2.60 bits per heavy atom. The van der Waals surface area contributed by atoms with E-state index in [1.807, 2.05) is 6.08 Å². The molecule has 1 aromatic heterocycles. The molecule has 6 heteroatoms. The van der Waals surface area contributed by atoms with Gasteiger partial charge in [0.25, 0.3) is 5.91 Å². The molecule has 30 heavy (non-hydrogen) atoms. The van der Waals surface area contributed by atoms with Crippen LogP contribution >= 0.6 is 0 Å². The van der Waals surface area contributed by atoms with Gasteiger partial charge < -0.3 is 20.4 Å². The molecule has 6 nitrogen and oxygen atoms in total. The summed E-state index contributed by atoms with van der Waals surface area (Å²) in [6.07, 6.45) is 4.69. The van der Waals surface area contributed by atoms with Crippen LogP contribution in [0.15, 0.2) is 36.6 Å². The number of carbonyl (C=O) groups excluding carboxylic acids is 2. The number of nitrogens with one attached hydrogen (secondary N) is 3. The molecule has 2 saturated heterocycles. The second-order valence-electron chi connectivity index (χ2n) is 9.38. The molecule has 0 spiro atoms. The minimum Gasteiger partial charge on any atom is -0.366 e. The number of piperazine rings is 1. The zero-order chi connectivity index (χ0) is 21.8. The number of fused-ring (bicyclic) bond motifs is 1. The summed E-state index contributed by atoms with van der Waals surface area (Å²) in [5.41, 5.74) is 3.79. The highest BCUT2D eigenvalue weighted by atomic mass is 16.6. The number of ether oxygens (including phenoxy) is 1. The lowest BCUT2D eigenvalue weighted by Crippen LogP contribution is -2.53. The Balaban J connectivity index is 1.83. The minimum atomic E-state index is -0.546. The maximum absolute atomic E-state index is 12.5. The van der Waals surface area contributed by atoms with Crippen LogP contribution in [0.5, 0.6) is 0 Å². The van der Waals surface area contributed by atoms with Crippen LogP contribution < -0.4 is 10.6 Å². The monoisotopic (exact) mass is 407 g/mol.